The summed E-state index contributed by atoms with van der Waals surface area (Å²) in [6.07, 6.45) is -0.182. The van der Waals surface area contributed by atoms with E-state index >= 15 is 0 Å². The van der Waals surface area contributed by atoms with Crippen molar-refractivity contribution in [2.24, 2.45) is 5.92 Å². The Morgan fingerprint density at radius 1 is 1.06 bits per heavy atom. The Labute approximate surface area is 283 Å². The summed E-state index contributed by atoms with van der Waals surface area (Å²) in [4.78, 5) is 27.8. The van der Waals surface area contributed by atoms with Gasteiger partial charge in [0.15, 0.2) is 17.6 Å². The molecule has 1 saturated carbocycles. The lowest BCUT2D eigenvalue weighted by atomic mass is 9.81. The van der Waals surface area contributed by atoms with Crippen molar-refractivity contribution < 1.29 is 58.4 Å². The topological polar surface area (TPSA) is 174 Å². The molecule has 0 bridgehead atoms. The van der Waals surface area contributed by atoms with Gasteiger partial charge in [-0.2, -0.15) is 0 Å². The van der Waals surface area contributed by atoms with Crippen LogP contribution in [0.4, 0.5) is 0 Å². The second kappa shape index (κ2) is 19.1. The van der Waals surface area contributed by atoms with Crippen molar-refractivity contribution in [1.29, 1.82) is 0 Å². The van der Waals surface area contributed by atoms with Crippen LogP contribution in [0.5, 0.6) is 11.5 Å². The number of benzene rings is 1. The monoisotopic (exact) mass is 679 g/mol. The highest BCUT2D eigenvalue weighted by Gasteiger charge is 2.43. The van der Waals surface area contributed by atoms with Gasteiger partial charge in [-0.3, -0.25) is 4.79 Å². The number of carbonyl (C=O) groups is 2. The number of methoxy groups -OCH3 is 1. The minimum atomic E-state index is -1.45. The zero-order valence-electron chi connectivity index (χ0n) is 28.9. The second-order valence-corrected chi connectivity index (χ2v) is 12.3. The Morgan fingerprint density at radius 3 is 2.40 bits per heavy atom. The highest BCUT2D eigenvalue weighted by Crippen LogP contribution is 2.40. The average Bonchev–Trinajstić information content (AvgIpc) is 3.53. The number of aliphatic hydroxyl groups is 4. The SMILES string of the molecule is C/C=C(/OC)C(OC(=O)C(C/C=C/COC1CC(CO)C(O)C(O)C1O)OC(C)=O)C(C)c1cc2c(cc1CCN(C)CCC)OCO2. The highest BCUT2D eigenvalue weighted by molar-refractivity contribution is 5.79. The molecule has 1 aliphatic heterocycles. The first-order chi connectivity index (χ1) is 22.9. The summed E-state index contributed by atoms with van der Waals surface area (Å²) in [7, 11) is 3.57. The molecule has 0 amide bonds. The summed E-state index contributed by atoms with van der Waals surface area (Å²) in [5, 5.41) is 39.9. The molecular weight excluding hydrogens is 626 g/mol. The van der Waals surface area contributed by atoms with Crippen LogP contribution in [0.15, 0.2) is 36.1 Å². The van der Waals surface area contributed by atoms with E-state index in [2.05, 4.69) is 18.9 Å². The maximum absolute atomic E-state index is 13.6. The van der Waals surface area contributed by atoms with Gasteiger partial charge in [-0.1, -0.05) is 26.0 Å². The van der Waals surface area contributed by atoms with Crippen LogP contribution in [-0.4, -0.2) is 121 Å². The quantitative estimate of drug-likeness (QED) is 0.101. The van der Waals surface area contributed by atoms with Crippen LogP contribution in [0.25, 0.3) is 0 Å². The fraction of sp³-hybridized carbons (Fsp3) is 0.657. The maximum atomic E-state index is 13.6. The summed E-state index contributed by atoms with van der Waals surface area (Å²) in [6.45, 7) is 8.58. The fourth-order valence-corrected chi connectivity index (χ4v) is 6.10. The standard InChI is InChI=1S/C35H53NO12/c1-7-13-36(5)14-12-23-16-28-29(46-20-45-28)18-25(23)21(3)34(26(8-2)43-6)48-35(42)27(47-22(4)38)11-9-10-15-44-30-17-24(19-37)31(39)33(41)32(30)40/h8-10,16,18,21,24,27,30-34,37,39-41H,7,11-15,17,19-20H2,1-6H3/b10-9+,26-8+. The van der Waals surface area contributed by atoms with Crippen LogP contribution in [0.3, 0.4) is 0 Å². The van der Waals surface area contributed by atoms with Crippen LogP contribution in [-0.2, 0) is 35.0 Å². The number of allylic oxidation sites excluding steroid dienone is 1. The smallest absolute Gasteiger partial charge is 0.348 e. The van der Waals surface area contributed by atoms with Crippen LogP contribution < -0.4 is 9.47 Å². The number of aliphatic hydroxyl groups excluding tert-OH is 4. The minimum absolute atomic E-state index is 0.00306. The molecular formula is C35H53NO12. The predicted octanol–water partition coefficient (Wildman–Crippen LogP) is 2.22. The van der Waals surface area contributed by atoms with Crippen LogP contribution in [0.2, 0.25) is 0 Å². The lowest BCUT2D eigenvalue weighted by molar-refractivity contribution is -0.175. The number of fused-ring (bicyclic) bond motifs is 1. The molecule has 0 spiro atoms. The summed E-state index contributed by atoms with van der Waals surface area (Å²) in [5.74, 6) is -0.756. The number of ether oxygens (including phenoxy) is 6. The van der Waals surface area contributed by atoms with E-state index in [1.807, 2.05) is 19.1 Å². The first-order valence-corrected chi connectivity index (χ1v) is 16.6. The van der Waals surface area contributed by atoms with E-state index < -0.39 is 54.5 Å². The summed E-state index contributed by atoms with van der Waals surface area (Å²) in [6, 6.07) is 3.90. The van der Waals surface area contributed by atoms with E-state index in [1.54, 1.807) is 25.2 Å². The molecule has 13 heteroatoms. The molecule has 0 aromatic heterocycles. The van der Waals surface area contributed by atoms with Gasteiger partial charge in [0.25, 0.3) is 0 Å². The van der Waals surface area contributed by atoms with Crippen molar-refractivity contribution in [2.75, 3.05) is 47.3 Å². The molecule has 1 aromatic rings. The van der Waals surface area contributed by atoms with E-state index in [-0.39, 0.29) is 38.8 Å². The molecule has 8 atom stereocenters. The predicted molar refractivity (Wildman–Crippen MR) is 175 cm³/mol. The van der Waals surface area contributed by atoms with Gasteiger partial charge in [-0.15, -0.1) is 0 Å². The molecule has 270 valence electrons. The molecule has 2 aliphatic rings. The molecule has 0 saturated heterocycles. The van der Waals surface area contributed by atoms with Gasteiger partial charge in [0.05, 0.1) is 25.9 Å². The van der Waals surface area contributed by atoms with Gasteiger partial charge in [0, 0.05) is 38.3 Å². The van der Waals surface area contributed by atoms with Crippen molar-refractivity contribution in [3.05, 3.63) is 47.2 Å². The first kappa shape index (κ1) is 39.2. The lowest BCUT2D eigenvalue weighted by Crippen LogP contribution is -2.55. The van der Waals surface area contributed by atoms with Gasteiger partial charge in [-0.25, -0.2) is 4.79 Å². The Hall–Kier alpha value is -3.20. The molecule has 0 radical (unpaired) electrons. The largest absolute Gasteiger partial charge is 0.497 e. The van der Waals surface area contributed by atoms with Gasteiger partial charge in [0.2, 0.25) is 12.9 Å². The van der Waals surface area contributed by atoms with Crippen LogP contribution >= 0.6 is 0 Å². The Morgan fingerprint density at radius 2 is 1.77 bits per heavy atom. The molecule has 13 nitrogen and oxygen atoms in total. The van der Waals surface area contributed by atoms with E-state index in [9.17, 15) is 30.0 Å². The molecule has 3 rings (SSSR count). The third kappa shape index (κ3) is 10.4. The number of hydrogen-bond acceptors (Lipinski definition) is 13. The average molecular weight is 680 g/mol. The molecule has 1 aromatic carbocycles. The zero-order valence-corrected chi connectivity index (χ0v) is 28.9. The summed E-state index contributed by atoms with van der Waals surface area (Å²) in [5.41, 5.74) is 1.93. The summed E-state index contributed by atoms with van der Waals surface area (Å²) < 4.78 is 34.1. The van der Waals surface area contributed by atoms with Gasteiger partial charge < -0.3 is 53.7 Å². The van der Waals surface area contributed by atoms with E-state index in [0.717, 1.165) is 37.1 Å². The van der Waals surface area contributed by atoms with Gasteiger partial charge in [-0.05, 0) is 69.1 Å². The third-order valence-electron chi connectivity index (χ3n) is 8.82. The number of esters is 2. The first-order valence-electron chi connectivity index (χ1n) is 16.6. The Kier molecular flexibility index (Phi) is 15.6. The number of carbonyl (C=O) groups excluding carboxylic acids is 2. The normalized spacial score (nSPS) is 24.4. The Balaban J connectivity index is 1.76. The van der Waals surface area contributed by atoms with E-state index in [1.165, 1.54) is 14.0 Å². The zero-order chi connectivity index (χ0) is 35.4. The Bertz CT molecular complexity index is 1250. The fourth-order valence-electron chi connectivity index (χ4n) is 6.10. The van der Waals surface area contributed by atoms with E-state index in [0.29, 0.717) is 17.3 Å². The molecule has 8 unspecified atom stereocenters. The molecule has 1 fully saturated rings. The molecule has 1 aliphatic carbocycles. The van der Waals surface area contributed by atoms with Gasteiger partial charge >= 0.3 is 11.9 Å². The van der Waals surface area contributed by atoms with Crippen molar-refractivity contribution in [3.63, 3.8) is 0 Å². The molecule has 4 N–H and O–H groups in total. The van der Waals surface area contributed by atoms with Crippen molar-refractivity contribution >= 4 is 11.9 Å². The highest BCUT2D eigenvalue weighted by atomic mass is 16.7. The van der Waals surface area contributed by atoms with Crippen molar-refractivity contribution in [3.8, 4) is 11.5 Å². The van der Waals surface area contributed by atoms with Crippen LogP contribution in [0.1, 0.15) is 64.0 Å². The number of nitrogens with zero attached hydrogens (tertiary/aromatic N) is 1. The number of likely N-dealkylation sites (N-methyl/N-ethyl adjacent to an activating group) is 1. The molecule has 1 heterocycles. The second-order valence-electron chi connectivity index (χ2n) is 12.3. The van der Waals surface area contributed by atoms with Gasteiger partial charge in [0.1, 0.15) is 18.0 Å². The minimum Gasteiger partial charge on any atom is -0.497 e. The summed E-state index contributed by atoms with van der Waals surface area (Å²) >= 11 is 0. The van der Waals surface area contributed by atoms with Crippen LogP contribution in [0, 0.1) is 5.92 Å². The third-order valence-corrected chi connectivity index (χ3v) is 8.82. The number of hydrogen-bond donors (Lipinski definition) is 4. The molecule has 48 heavy (non-hydrogen) atoms. The van der Waals surface area contributed by atoms with Crippen molar-refractivity contribution in [1.82, 2.24) is 4.90 Å². The lowest BCUT2D eigenvalue weighted by Gasteiger charge is -2.39. The number of rotatable bonds is 18. The van der Waals surface area contributed by atoms with Crippen molar-refractivity contribution in [2.45, 2.75) is 95.9 Å². The van der Waals surface area contributed by atoms with E-state index in [4.69, 9.17) is 28.4 Å². The maximum Gasteiger partial charge on any atom is 0.348 e.